The molecule has 11 aromatic carbocycles. The summed E-state index contributed by atoms with van der Waals surface area (Å²) in [4.78, 5) is 16.4. The van der Waals surface area contributed by atoms with E-state index < -0.39 is 23.8 Å². The van der Waals surface area contributed by atoms with Crippen LogP contribution in [0.1, 0.15) is 56.5 Å². The van der Waals surface area contributed by atoms with Crippen molar-refractivity contribution in [2.75, 3.05) is 5.75 Å². The van der Waals surface area contributed by atoms with Crippen LogP contribution in [0, 0.1) is 11.8 Å². The fourth-order valence-electron chi connectivity index (χ4n) is 13.7. The summed E-state index contributed by atoms with van der Waals surface area (Å²) in [5, 5.41) is 10.6. The molecule has 3 nitrogen and oxygen atoms in total. The summed E-state index contributed by atoms with van der Waals surface area (Å²) in [6, 6.07) is 124. The van der Waals surface area contributed by atoms with Gasteiger partial charge in [0.25, 0.3) is 0 Å². The van der Waals surface area contributed by atoms with Crippen molar-refractivity contribution in [2.24, 2.45) is 11.8 Å². The minimum atomic E-state index is -0.772. The number of thioether (sulfide) groups is 1. The van der Waals surface area contributed by atoms with Gasteiger partial charge in [-0.15, -0.1) is 11.8 Å². The summed E-state index contributed by atoms with van der Waals surface area (Å²) in [6.45, 7) is 0. The molecule has 0 N–H and O–H groups in total. The fraction of sp³-hybridized carbons (Fsp3) is 0.141. The number of nitrogens with zero attached hydrogens (tertiary/aromatic N) is 3. The quantitative estimate of drug-likeness (QED) is 0.0346. The van der Waals surface area contributed by atoms with Gasteiger partial charge in [0.1, 0.15) is 0 Å². The van der Waals surface area contributed by atoms with Crippen molar-refractivity contribution in [3.05, 3.63) is 402 Å². The first kappa shape index (κ1) is 67.0. The van der Waals surface area contributed by atoms with Crippen molar-refractivity contribution in [3.63, 3.8) is 0 Å². The molecule has 0 aliphatic heterocycles. The molecular formula is C92H82N3P3S. The van der Waals surface area contributed by atoms with Gasteiger partial charge in [-0.2, -0.15) is 0 Å². The topological polar surface area (TPSA) is 38.7 Å². The van der Waals surface area contributed by atoms with Crippen molar-refractivity contribution in [2.45, 2.75) is 69.1 Å². The van der Waals surface area contributed by atoms with Gasteiger partial charge < -0.3 is 0 Å². The zero-order valence-corrected chi connectivity index (χ0v) is 59.5. The van der Waals surface area contributed by atoms with E-state index in [1.165, 1.54) is 97.6 Å². The Kier molecular flexibility index (Phi) is 23.0. The Balaban J connectivity index is 0.707. The first-order valence-electron chi connectivity index (χ1n) is 34.9. The minimum Gasteiger partial charge on any atom is -0.256 e. The Morgan fingerprint density at radius 2 is 0.545 bits per heavy atom. The number of rotatable bonds is 29. The minimum absolute atomic E-state index is 0.409. The number of aromatic nitrogens is 3. The molecule has 0 saturated carbocycles. The molecule has 0 spiro atoms. The lowest BCUT2D eigenvalue weighted by atomic mass is 9.80. The lowest BCUT2D eigenvalue weighted by molar-refractivity contribution is 0.337. The fourth-order valence-corrected chi connectivity index (χ4v) is 21.7. The highest BCUT2D eigenvalue weighted by atomic mass is 32.2. The van der Waals surface area contributed by atoms with Crippen molar-refractivity contribution in [3.8, 4) is 0 Å². The molecule has 0 bridgehead atoms. The second-order valence-electron chi connectivity index (χ2n) is 25.8. The number of pyridine rings is 3. The first-order chi connectivity index (χ1) is 49.0. The summed E-state index contributed by atoms with van der Waals surface area (Å²) in [5.74, 6) is 1.86. The molecule has 2 atom stereocenters. The summed E-state index contributed by atoms with van der Waals surface area (Å²) in [6.07, 6.45) is 16.0. The Hall–Kier alpha value is -9.23. The summed E-state index contributed by atoms with van der Waals surface area (Å²) in [5.41, 5.74) is 15.8. The van der Waals surface area contributed by atoms with E-state index in [0.29, 0.717) is 11.8 Å². The van der Waals surface area contributed by atoms with Gasteiger partial charge in [0.2, 0.25) is 0 Å². The maximum Gasteiger partial charge on any atom is 0.0723 e. The van der Waals surface area contributed by atoms with Gasteiger partial charge in [-0.05, 0) is 211 Å². The average molecular weight is 1350 g/mol. The molecule has 3 aromatic heterocycles. The third-order valence-corrected chi connectivity index (χ3v) is 27.3. The second kappa shape index (κ2) is 34.0. The molecule has 0 fully saturated rings. The maximum atomic E-state index is 5.02. The van der Waals surface area contributed by atoms with Crippen LogP contribution in [0.25, 0.3) is 10.8 Å². The van der Waals surface area contributed by atoms with Gasteiger partial charge in [0.15, 0.2) is 0 Å². The van der Waals surface area contributed by atoms with Crippen LogP contribution in [0.2, 0.25) is 0 Å². The van der Waals surface area contributed by atoms with Gasteiger partial charge in [-0.1, -0.05) is 291 Å². The van der Waals surface area contributed by atoms with Crippen LogP contribution in [0.4, 0.5) is 0 Å². The monoisotopic (exact) mass is 1350 g/mol. The predicted molar refractivity (Wildman–Crippen MR) is 428 cm³/mol. The largest absolute Gasteiger partial charge is 0.256 e. The van der Waals surface area contributed by atoms with E-state index in [0.717, 1.165) is 86.3 Å². The van der Waals surface area contributed by atoms with E-state index in [4.69, 9.17) is 15.0 Å². The molecule has 99 heavy (non-hydrogen) atoms. The van der Waals surface area contributed by atoms with Crippen molar-refractivity contribution in [1.82, 2.24) is 15.0 Å². The van der Waals surface area contributed by atoms with E-state index in [-0.39, 0.29) is 0 Å². The SMILES string of the molecule is c1ccc(P(c2ccccc2)c2cc(CCc3ccc(CCC(Cc4ccc(CCc5ccnc(P(c6ccccc6)c6ccccc6)c5)cc4)C(CSc4cccc5ccccc45)Cc4ccc(CCc5ccnc(P(c6ccccc6)c6ccccc6)c5)cc4)cc3)ccn2)cc1. The van der Waals surface area contributed by atoms with E-state index in [9.17, 15) is 0 Å². The van der Waals surface area contributed by atoms with Crippen molar-refractivity contribution in [1.29, 1.82) is 0 Å². The smallest absolute Gasteiger partial charge is 0.0723 e. The number of hydrogen-bond acceptors (Lipinski definition) is 4. The van der Waals surface area contributed by atoms with Crippen LogP contribution < -0.4 is 48.1 Å². The molecule has 0 aliphatic carbocycles. The Bertz CT molecular complexity index is 4670. The van der Waals surface area contributed by atoms with Gasteiger partial charge in [-0.25, -0.2) is 0 Å². The van der Waals surface area contributed by atoms with Crippen LogP contribution >= 0.6 is 35.5 Å². The van der Waals surface area contributed by atoms with Crippen LogP contribution in [-0.2, 0) is 57.8 Å². The van der Waals surface area contributed by atoms with Crippen molar-refractivity contribution >= 4 is 94.4 Å². The first-order valence-corrected chi connectivity index (χ1v) is 40.0. The van der Waals surface area contributed by atoms with Gasteiger partial charge in [-0.3, -0.25) is 15.0 Å². The van der Waals surface area contributed by atoms with E-state index in [1.54, 1.807) is 0 Å². The molecule has 7 heteroatoms. The summed E-state index contributed by atoms with van der Waals surface area (Å²) < 4.78 is 0. The molecule has 0 radical (unpaired) electrons. The molecule has 0 saturated heterocycles. The Morgan fingerprint density at radius 3 is 0.909 bits per heavy atom. The van der Waals surface area contributed by atoms with E-state index >= 15 is 0 Å². The third-order valence-electron chi connectivity index (χ3n) is 19.0. The average Bonchev–Trinajstić information content (AvgIpc) is 0.893. The molecule has 0 amide bonds. The number of aryl methyl sites for hydroxylation is 7. The highest BCUT2D eigenvalue weighted by Gasteiger charge is 2.26. The van der Waals surface area contributed by atoms with Crippen LogP contribution in [-0.4, -0.2) is 20.7 Å². The molecule has 486 valence electrons. The van der Waals surface area contributed by atoms with Gasteiger partial charge >= 0.3 is 0 Å². The van der Waals surface area contributed by atoms with E-state index in [2.05, 4.69) is 334 Å². The highest BCUT2D eigenvalue weighted by molar-refractivity contribution is 7.99. The molecule has 14 rings (SSSR count). The summed E-state index contributed by atoms with van der Waals surface area (Å²) in [7, 11) is -2.31. The number of fused-ring (bicyclic) bond motifs is 1. The lowest BCUT2D eigenvalue weighted by Gasteiger charge is -2.28. The van der Waals surface area contributed by atoms with E-state index in [1.807, 2.05) is 30.4 Å². The second-order valence-corrected chi connectivity index (χ2v) is 33.3. The van der Waals surface area contributed by atoms with Gasteiger partial charge in [0.05, 0.1) is 16.3 Å². The predicted octanol–water partition coefficient (Wildman–Crippen LogP) is 18.1. The molecule has 0 aliphatic rings. The highest BCUT2D eigenvalue weighted by Crippen LogP contribution is 2.38. The third kappa shape index (κ3) is 18.0. The standard InChI is InChI=1S/C92H82N3P3S/c1-7-24-82(25-8-1)96(83-26-9-2-10-27-83)90-66-76(58-61-93-90)53-46-70-38-40-73(41-39-70)56-57-80(64-74-49-42-71(43-50-74)47-54-77-59-62-94-91(67-77)97(84-28-11-3-12-29-84)85-30-13-4-14-31-85)81(69-99-89-37-21-23-79-22-19-20-36-88(79)89)65-75-51-44-72(45-52-75)48-55-78-60-63-95-92(68-78)98(86-32-15-5-16-33-86)87-34-17-6-18-35-87/h1-45,49-52,58-63,66-68,80-81H,46-48,53-57,64-65,69H2. The normalized spacial score (nSPS) is 12.1. The Labute approximate surface area is 594 Å². The molecule has 3 heterocycles. The van der Waals surface area contributed by atoms with Crippen LogP contribution in [0.15, 0.2) is 357 Å². The molecule has 2 unspecified atom stereocenters. The number of hydrogen-bond donors (Lipinski definition) is 0. The van der Waals surface area contributed by atoms with Crippen molar-refractivity contribution < 1.29 is 0 Å². The Morgan fingerprint density at radius 1 is 0.253 bits per heavy atom. The van der Waals surface area contributed by atoms with Crippen LogP contribution in [0.5, 0.6) is 0 Å². The zero-order valence-electron chi connectivity index (χ0n) is 56.0. The van der Waals surface area contributed by atoms with Gasteiger partial charge in [0, 0.05) is 53.0 Å². The lowest BCUT2D eigenvalue weighted by Crippen LogP contribution is -2.23. The number of benzene rings is 11. The van der Waals surface area contributed by atoms with Crippen LogP contribution in [0.3, 0.4) is 0 Å². The molecular weight excluding hydrogens is 1270 g/mol. The molecule has 14 aromatic rings. The maximum absolute atomic E-state index is 5.02. The zero-order chi connectivity index (χ0) is 66.6. The summed E-state index contributed by atoms with van der Waals surface area (Å²) >= 11 is 2.05.